The molecule has 2 aromatic rings. The molecule has 0 spiro atoms. The Balaban J connectivity index is 1.88. The Morgan fingerprint density at radius 2 is 1.89 bits per heavy atom. The van der Waals surface area contributed by atoms with E-state index in [0.717, 1.165) is 4.47 Å². The lowest BCUT2D eigenvalue weighted by Crippen LogP contribution is -2.11. The maximum atomic E-state index is 3.69. The molecule has 19 heavy (non-hydrogen) atoms. The molecule has 1 nitrogen and oxygen atoms in total. The zero-order valence-corrected chi connectivity index (χ0v) is 12.5. The zero-order chi connectivity index (χ0) is 13.1. The second kappa shape index (κ2) is 5.79. The molecule has 3 rings (SSSR count). The Bertz CT molecular complexity index is 565. The van der Waals surface area contributed by atoms with E-state index in [2.05, 4.69) is 69.8 Å². The van der Waals surface area contributed by atoms with Gasteiger partial charge >= 0.3 is 0 Å². The summed E-state index contributed by atoms with van der Waals surface area (Å²) in [6.07, 6.45) is 5.02. The van der Waals surface area contributed by atoms with Crippen molar-refractivity contribution in [3.05, 3.63) is 64.1 Å². The van der Waals surface area contributed by atoms with Gasteiger partial charge < -0.3 is 5.32 Å². The first-order valence-corrected chi connectivity index (χ1v) is 7.72. The Morgan fingerprint density at radius 1 is 1.00 bits per heavy atom. The minimum atomic E-state index is 0.438. The average Bonchev–Trinajstić information content (AvgIpc) is 2.62. The van der Waals surface area contributed by atoms with Crippen LogP contribution in [0.1, 0.15) is 36.4 Å². The zero-order valence-electron chi connectivity index (χ0n) is 10.9. The molecule has 2 aromatic carbocycles. The van der Waals surface area contributed by atoms with Gasteiger partial charge in [0.05, 0.1) is 6.04 Å². The molecule has 0 aromatic heterocycles. The minimum Gasteiger partial charge on any atom is -0.378 e. The largest absolute Gasteiger partial charge is 0.378 e. The first kappa shape index (κ1) is 12.7. The fourth-order valence-electron chi connectivity index (χ4n) is 2.85. The molecule has 0 amide bonds. The van der Waals surface area contributed by atoms with Crippen LogP contribution in [0.15, 0.2) is 53.0 Å². The Hall–Kier alpha value is -1.28. The molecule has 1 aliphatic carbocycles. The van der Waals surface area contributed by atoms with Crippen molar-refractivity contribution < 1.29 is 0 Å². The third-order valence-electron chi connectivity index (χ3n) is 3.78. The van der Waals surface area contributed by atoms with Gasteiger partial charge in [0.1, 0.15) is 0 Å². The van der Waals surface area contributed by atoms with Gasteiger partial charge in [-0.2, -0.15) is 0 Å². The molecule has 98 valence electrons. The molecule has 0 saturated carbocycles. The van der Waals surface area contributed by atoms with Gasteiger partial charge in [-0.25, -0.2) is 0 Å². The van der Waals surface area contributed by atoms with Gasteiger partial charge in [-0.1, -0.05) is 52.7 Å². The van der Waals surface area contributed by atoms with Crippen molar-refractivity contribution in [3.8, 4) is 0 Å². The van der Waals surface area contributed by atoms with E-state index in [-0.39, 0.29) is 0 Å². The number of hydrogen-bond acceptors (Lipinski definition) is 1. The molecule has 0 fully saturated rings. The number of rotatable bonds is 2. The molecule has 1 N–H and O–H groups in total. The highest BCUT2D eigenvalue weighted by Gasteiger charge is 2.17. The SMILES string of the molecule is Brc1cccc(NC2CCCCc3ccccc32)c1. The van der Waals surface area contributed by atoms with Crippen molar-refractivity contribution in [1.29, 1.82) is 0 Å². The van der Waals surface area contributed by atoms with Crippen LogP contribution in [0.25, 0.3) is 0 Å². The van der Waals surface area contributed by atoms with Crippen LogP contribution in [-0.4, -0.2) is 0 Å². The molecule has 2 heteroatoms. The van der Waals surface area contributed by atoms with Crippen LogP contribution in [0.3, 0.4) is 0 Å². The third-order valence-corrected chi connectivity index (χ3v) is 4.28. The van der Waals surface area contributed by atoms with Crippen molar-refractivity contribution >= 4 is 21.6 Å². The molecule has 1 aliphatic rings. The number of benzene rings is 2. The summed E-state index contributed by atoms with van der Waals surface area (Å²) < 4.78 is 1.12. The summed E-state index contributed by atoms with van der Waals surface area (Å²) in [5.41, 5.74) is 4.17. The molecule has 1 unspecified atom stereocenters. The van der Waals surface area contributed by atoms with Crippen LogP contribution < -0.4 is 5.32 Å². The fraction of sp³-hybridized carbons (Fsp3) is 0.294. The average molecular weight is 316 g/mol. The standard InChI is InChI=1S/C17H18BrN/c18-14-8-5-9-15(12-14)19-17-11-4-2-7-13-6-1-3-10-16(13)17/h1,3,5-6,8-10,12,17,19H,2,4,7,11H2. The number of fused-ring (bicyclic) bond motifs is 1. The second-order valence-corrected chi connectivity index (χ2v) is 6.07. The van der Waals surface area contributed by atoms with Gasteiger partial charge in [-0.3, -0.25) is 0 Å². The van der Waals surface area contributed by atoms with Crippen LogP contribution in [-0.2, 0) is 6.42 Å². The summed E-state index contributed by atoms with van der Waals surface area (Å²) in [6.45, 7) is 0. The highest BCUT2D eigenvalue weighted by molar-refractivity contribution is 9.10. The highest BCUT2D eigenvalue weighted by Crippen LogP contribution is 2.31. The molecule has 1 atom stereocenters. The third kappa shape index (κ3) is 3.01. The summed E-state index contributed by atoms with van der Waals surface area (Å²) in [5, 5.41) is 3.69. The number of halogens is 1. The van der Waals surface area contributed by atoms with Crippen molar-refractivity contribution in [2.45, 2.75) is 31.7 Å². The van der Waals surface area contributed by atoms with E-state index in [4.69, 9.17) is 0 Å². The van der Waals surface area contributed by atoms with Gasteiger partial charge in [-0.05, 0) is 48.6 Å². The maximum absolute atomic E-state index is 3.69. The topological polar surface area (TPSA) is 12.0 Å². The summed E-state index contributed by atoms with van der Waals surface area (Å²) >= 11 is 3.53. The molecular formula is C17H18BrN. The monoisotopic (exact) mass is 315 g/mol. The van der Waals surface area contributed by atoms with Crippen molar-refractivity contribution in [1.82, 2.24) is 0 Å². The summed E-state index contributed by atoms with van der Waals surface area (Å²) in [5.74, 6) is 0. The van der Waals surface area contributed by atoms with E-state index in [1.807, 2.05) is 0 Å². The number of aryl methyl sites for hydroxylation is 1. The van der Waals surface area contributed by atoms with Gasteiger partial charge in [-0.15, -0.1) is 0 Å². The van der Waals surface area contributed by atoms with E-state index >= 15 is 0 Å². The predicted octanol–water partition coefficient (Wildman–Crippen LogP) is 5.33. The van der Waals surface area contributed by atoms with E-state index in [1.54, 1.807) is 0 Å². The Morgan fingerprint density at radius 3 is 2.79 bits per heavy atom. The molecule has 0 aliphatic heterocycles. The van der Waals surface area contributed by atoms with Crippen LogP contribution in [0, 0.1) is 0 Å². The van der Waals surface area contributed by atoms with E-state index in [1.165, 1.54) is 42.5 Å². The predicted molar refractivity (Wildman–Crippen MR) is 84.5 cm³/mol. The van der Waals surface area contributed by atoms with E-state index in [0.29, 0.717) is 6.04 Å². The first-order valence-electron chi connectivity index (χ1n) is 6.93. The van der Waals surface area contributed by atoms with Gasteiger partial charge in [0.15, 0.2) is 0 Å². The van der Waals surface area contributed by atoms with E-state index < -0.39 is 0 Å². The quantitative estimate of drug-likeness (QED) is 0.739. The molecule has 0 saturated heterocycles. The lowest BCUT2D eigenvalue weighted by molar-refractivity contribution is 0.644. The molecule has 0 bridgehead atoms. The second-order valence-electron chi connectivity index (χ2n) is 5.15. The van der Waals surface area contributed by atoms with Crippen molar-refractivity contribution in [3.63, 3.8) is 0 Å². The number of anilines is 1. The smallest absolute Gasteiger partial charge is 0.0516 e. The highest BCUT2D eigenvalue weighted by atomic mass is 79.9. The Labute approximate surface area is 123 Å². The Kier molecular flexibility index (Phi) is 3.88. The van der Waals surface area contributed by atoms with Crippen LogP contribution >= 0.6 is 15.9 Å². The summed E-state index contributed by atoms with van der Waals surface area (Å²) in [6, 6.07) is 17.7. The molecule has 0 heterocycles. The number of nitrogens with one attached hydrogen (secondary N) is 1. The van der Waals surface area contributed by atoms with Gasteiger partial charge in [0.2, 0.25) is 0 Å². The fourth-order valence-corrected chi connectivity index (χ4v) is 3.25. The van der Waals surface area contributed by atoms with Gasteiger partial charge in [0.25, 0.3) is 0 Å². The van der Waals surface area contributed by atoms with Crippen LogP contribution in [0.4, 0.5) is 5.69 Å². The normalized spacial score (nSPS) is 18.5. The van der Waals surface area contributed by atoms with Crippen LogP contribution in [0.2, 0.25) is 0 Å². The summed E-state index contributed by atoms with van der Waals surface area (Å²) in [4.78, 5) is 0. The van der Waals surface area contributed by atoms with Crippen LogP contribution in [0.5, 0.6) is 0 Å². The lowest BCUT2D eigenvalue weighted by atomic mass is 9.99. The van der Waals surface area contributed by atoms with Crippen molar-refractivity contribution in [2.75, 3.05) is 5.32 Å². The minimum absolute atomic E-state index is 0.438. The van der Waals surface area contributed by atoms with Gasteiger partial charge in [0, 0.05) is 10.2 Å². The summed E-state index contributed by atoms with van der Waals surface area (Å²) in [7, 11) is 0. The number of hydrogen-bond donors (Lipinski definition) is 1. The first-order chi connectivity index (χ1) is 9.33. The lowest BCUT2D eigenvalue weighted by Gasteiger charge is -2.20. The van der Waals surface area contributed by atoms with Crippen molar-refractivity contribution in [2.24, 2.45) is 0 Å². The van der Waals surface area contributed by atoms with E-state index in [9.17, 15) is 0 Å². The maximum Gasteiger partial charge on any atom is 0.0516 e. The molecular weight excluding hydrogens is 298 g/mol. The molecule has 0 radical (unpaired) electrons.